The van der Waals surface area contributed by atoms with Crippen LogP contribution in [0, 0.1) is 11.3 Å². The quantitative estimate of drug-likeness (QED) is 0.810. The number of amides is 1. The Morgan fingerprint density at radius 2 is 2.04 bits per heavy atom. The van der Waals surface area contributed by atoms with Crippen LogP contribution >= 0.6 is 0 Å². The van der Waals surface area contributed by atoms with Gasteiger partial charge in [-0.15, -0.1) is 0 Å². The first-order chi connectivity index (χ1) is 12.3. The number of morpholine rings is 1. The maximum Gasteiger partial charge on any atom is 0.254 e. The zero-order valence-corrected chi connectivity index (χ0v) is 14.3. The Balaban J connectivity index is 1.58. The van der Waals surface area contributed by atoms with Crippen molar-refractivity contribution in [2.45, 2.75) is 31.0 Å². The fourth-order valence-corrected chi connectivity index (χ4v) is 4.28. The van der Waals surface area contributed by atoms with Gasteiger partial charge in [-0.1, -0.05) is 6.07 Å². The van der Waals surface area contributed by atoms with Gasteiger partial charge in [0.05, 0.1) is 43.0 Å². The second kappa shape index (κ2) is 7.12. The smallest absolute Gasteiger partial charge is 0.254 e. The Labute approximate surface area is 147 Å². The lowest BCUT2D eigenvalue weighted by atomic mass is 9.99. The minimum absolute atomic E-state index is 0.00774. The number of hydrogen-bond donors (Lipinski definition) is 0. The Hall–Kier alpha value is -1.94. The van der Waals surface area contributed by atoms with Crippen LogP contribution in [0.15, 0.2) is 24.3 Å². The lowest BCUT2D eigenvalue weighted by Crippen LogP contribution is -2.51. The van der Waals surface area contributed by atoms with Gasteiger partial charge in [0.25, 0.3) is 5.91 Å². The molecular weight excluding hydrogens is 318 g/mol. The molecule has 0 spiro atoms. The van der Waals surface area contributed by atoms with Crippen LogP contribution in [0.25, 0.3) is 0 Å². The molecule has 3 aliphatic heterocycles. The predicted octanol–water partition coefficient (Wildman–Crippen LogP) is 1.26. The number of carbonyl (C=O) groups excluding carboxylic acids is 1. The first-order valence-electron chi connectivity index (χ1n) is 9.02. The average molecular weight is 341 g/mol. The van der Waals surface area contributed by atoms with Gasteiger partial charge in [0.1, 0.15) is 0 Å². The summed E-state index contributed by atoms with van der Waals surface area (Å²) in [6, 6.07) is 9.45. The summed E-state index contributed by atoms with van der Waals surface area (Å²) in [5, 5.41) is 9.10. The van der Waals surface area contributed by atoms with E-state index >= 15 is 0 Å². The zero-order valence-electron chi connectivity index (χ0n) is 14.3. The Morgan fingerprint density at radius 3 is 2.84 bits per heavy atom. The molecule has 0 aliphatic carbocycles. The molecule has 6 nitrogen and oxygen atoms in total. The van der Waals surface area contributed by atoms with Crippen molar-refractivity contribution in [1.82, 2.24) is 9.80 Å². The molecule has 6 heteroatoms. The van der Waals surface area contributed by atoms with Crippen LogP contribution in [-0.4, -0.2) is 73.3 Å². The van der Waals surface area contributed by atoms with E-state index in [1.807, 2.05) is 4.90 Å². The molecule has 3 heterocycles. The van der Waals surface area contributed by atoms with E-state index in [1.54, 1.807) is 24.3 Å². The van der Waals surface area contributed by atoms with Crippen molar-refractivity contribution in [2.75, 3.05) is 39.5 Å². The number of carbonyl (C=O) groups is 1. The summed E-state index contributed by atoms with van der Waals surface area (Å²) in [7, 11) is 0. The maximum atomic E-state index is 13.1. The average Bonchev–Trinajstić information content (AvgIpc) is 3.08. The van der Waals surface area contributed by atoms with Crippen molar-refractivity contribution in [3.05, 3.63) is 35.4 Å². The summed E-state index contributed by atoms with van der Waals surface area (Å²) < 4.78 is 11.6. The van der Waals surface area contributed by atoms with E-state index in [9.17, 15) is 4.79 Å². The first kappa shape index (κ1) is 16.5. The molecule has 1 amide bonds. The highest BCUT2D eigenvalue weighted by Gasteiger charge is 2.48. The number of ether oxygens (including phenoxy) is 2. The van der Waals surface area contributed by atoms with Crippen LogP contribution in [0.3, 0.4) is 0 Å². The fourth-order valence-electron chi connectivity index (χ4n) is 4.28. The van der Waals surface area contributed by atoms with Crippen molar-refractivity contribution in [3.63, 3.8) is 0 Å². The van der Waals surface area contributed by atoms with Gasteiger partial charge in [-0.05, 0) is 31.0 Å². The normalized spacial score (nSPS) is 29.9. The Kier molecular flexibility index (Phi) is 4.71. The molecule has 3 fully saturated rings. The van der Waals surface area contributed by atoms with Crippen LogP contribution in [0.5, 0.6) is 0 Å². The van der Waals surface area contributed by atoms with E-state index in [0.717, 1.165) is 45.8 Å². The summed E-state index contributed by atoms with van der Waals surface area (Å²) in [4.78, 5) is 17.5. The SMILES string of the molecule is N#Cc1cccc(C(=O)N2C[C@H](N3CCOCC3)[C@@H]3OCCC[C@@H]32)c1. The molecule has 1 aromatic rings. The van der Waals surface area contributed by atoms with Gasteiger partial charge in [0, 0.05) is 31.8 Å². The highest BCUT2D eigenvalue weighted by atomic mass is 16.5. The molecule has 0 bridgehead atoms. The highest BCUT2D eigenvalue weighted by Crippen LogP contribution is 2.33. The second-order valence-electron chi connectivity index (χ2n) is 6.91. The molecule has 0 radical (unpaired) electrons. The molecule has 0 N–H and O–H groups in total. The lowest BCUT2D eigenvalue weighted by Gasteiger charge is -2.37. The summed E-state index contributed by atoms with van der Waals surface area (Å²) >= 11 is 0. The maximum absolute atomic E-state index is 13.1. The number of nitriles is 1. The molecule has 1 aromatic carbocycles. The number of rotatable bonds is 2. The summed E-state index contributed by atoms with van der Waals surface area (Å²) in [6.07, 6.45) is 2.05. The van der Waals surface area contributed by atoms with Crippen LogP contribution < -0.4 is 0 Å². The van der Waals surface area contributed by atoms with E-state index in [4.69, 9.17) is 14.7 Å². The standard InChI is InChI=1S/C19H23N3O3/c20-12-14-3-1-4-15(11-14)19(23)22-13-17(21-6-9-24-10-7-21)18-16(22)5-2-8-25-18/h1,3-4,11,16-18H,2,5-10,13H2/t16-,17-,18+/m0/s1. The van der Waals surface area contributed by atoms with Gasteiger partial charge >= 0.3 is 0 Å². The summed E-state index contributed by atoms with van der Waals surface area (Å²) in [5.41, 5.74) is 1.11. The van der Waals surface area contributed by atoms with Gasteiger partial charge in [-0.2, -0.15) is 5.26 Å². The summed E-state index contributed by atoms with van der Waals surface area (Å²) in [6.45, 7) is 4.73. The first-order valence-corrected chi connectivity index (χ1v) is 9.02. The number of benzene rings is 1. The van der Waals surface area contributed by atoms with E-state index in [2.05, 4.69) is 11.0 Å². The third-order valence-electron chi connectivity index (χ3n) is 5.51. The van der Waals surface area contributed by atoms with Crippen molar-refractivity contribution in [3.8, 4) is 6.07 Å². The molecule has 3 aliphatic rings. The fraction of sp³-hybridized carbons (Fsp3) is 0.579. The minimum Gasteiger partial charge on any atom is -0.379 e. The monoisotopic (exact) mass is 341 g/mol. The molecule has 3 saturated heterocycles. The third kappa shape index (κ3) is 3.15. The van der Waals surface area contributed by atoms with Gasteiger partial charge in [-0.25, -0.2) is 0 Å². The van der Waals surface area contributed by atoms with Crippen molar-refractivity contribution >= 4 is 5.91 Å². The molecule has 0 aromatic heterocycles. The van der Waals surface area contributed by atoms with Crippen molar-refractivity contribution in [1.29, 1.82) is 5.26 Å². The third-order valence-corrected chi connectivity index (χ3v) is 5.51. The van der Waals surface area contributed by atoms with Crippen molar-refractivity contribution in [2.24, 2.45) is 0 Å². The van der Waals surface area contributed by atoms with Gasteiger partial charge < -0.3 is 14.4 Å². The number of likely N-dealkylation sites (tertiary alicyclic amines) is 1. The van der Waals surface area contributed by atoms with Gasteiger partial charge in [0.15, 0.2) is 0 Å². The van der Waals surface area contributed by atoms with Crippen LogP contribution in [-0.2, 0) is 9.47 Å². The molecule has 3 atom stereocenters. The van der Waals surface area contributed by atoms with E-state index in [-0.39, 0.29) is 24.1 Å². The topological polar surface area (TPSA) is 65.8 Å². The second-order valence-corrected chi connectivity index (χ2v) is 6.91. The minimum atomic E-state index is 0.00774. The number of hydrogen-bond acceptors (Lipinski definition) is 5. The molecule has 0 saturated carbocycles. The molecule has 0 unspecified atom stereocenters. The predicted molar refractivity (Wildman–Crippen MR) is 91.1 cm³/mol. The van der Waals surface area contributed by atoms with E-state index < -0.39 is 0 Å². The zero-order chi connectivity index (χ0) is 17.2. The Morgan fingerprint density at radius 1 is 1.20 bits per heavy atom. The van der Waals surface area contributed by atoms with E-state index in [0.29, 0.717) is 17.7 Å². The largest absolute Gasteiger partial charge is 0.379 e. The number of nitrogens with zero attached hydrogens (tertiary/aromatic N) is 3. The lowest BCUT2D eigenvalue weighted by molar-refractivity contribution is -0.0578. The van der Waals surface area contributed by atoms with Crippen LogP contribution in [0.1, 0.15) is 28.8 Å². The molecule has 25 heavy (non-hydrogen) atoms. The molecule has 132 valence electrons. The molecule has 4 rings (SSSR count). The summed E-state index contributed by atoms with van der Waals surface area (Å²) in [5.74, 6) is 0.00774. The van der Waals surface area contributed by atoms with Gasteiger partial charge in [-0.3, -0.25) is 9.69 Å². The highest BCUT2D eigenvalue weighted by molar-refractivity contribution is 5.95. The van der Waals surface area contributed by atoms with Crippen LogP contribution in [0.4, 0.5) is 0 Å². The van der Waals surface area contributed by atoms with E-state index in [1.165, 1.54) is 0 Å². The Bertz CT molecular complexity index is 681. The van der Waals surface area contributed by atoms with Crippen molar-refractivity contribution < 1.29 is 14.3 Å². The van der Waals surface area contributed by atoms with Gasteiger partial charge in [0.2, 0.25) is 0 Å². The van der Waals surface area contributed by atoms with Crippen LogP contribution in [0.2, 0.25) is 0 Å². The number of fused-ring (bicyclic) bond motifs is 1. The molecular formula is C19H23N3O3.